The number of aliphatic hydroxyl groups excluding tert-OH is 1. The van der Waals surface area contributed by atoms with Crippen LogP contribution in [0.1, 0.15) is 36.5 Å². The van der Waals surface area contributed by atoms with Gasteiger partial charge in [0, 0.05) is 38.8 Å². The molecule has 2 aromatic carbocycles. The Bertz CT molecular complexity index is 721. The van der Waals surface area contributed by atoms with E-state index in [1.165, 1.54) is 30.5 Å². The zero-order valence-electron chi connectivity index (χ0n) is 15.8. The molecule has 1 N–H and O–H groups in total. The van der Waals surface area contributed by atoms with Gasteiger partial charge in [0.1, 0.15) is 5.82 Å². The predicted octanol–water partition coefficient (Wildman–Crippen LogP) is 3.85. The molecule has 0 bridgehead atoms. The van der Waals surface area contributed by atoms with E-state index in [1.807, 2.05) is 0 Å². The van der Waals surface area contributed by atoms with Crippen molar-refractivity contribution < 1.29 is 9.50 Å². The van der Waals surface area contributed by atoms with E-state index in [-0.39, 0.29) is 5.82 Å². The van der Waals surface area contributed by atoms with Gasteiger partial charge in [-0.3, -0.25) is 9.80 Å². The molecule has 1 unspecified atom stereocenters. The average molecular weight is 368 g/mol. The third kappa shape index (κ3) is 4.75. The van der Waals surface area contributed by atoms with Crippen LogP contribution in [0.4, 0.5) is 4.39 Å². The molecular formula is C23H29FN2O. The largest absolute Gasteiger partial charge is 0.388 e. The Balaban J connectivity index is 1.28. The Morgan fingerprint density at radius 1 is 0.963 bits per heavy atom. The van der Waals surface area contributed by atoms with E-state index < -0.39 is 6.10 Å². The van der Waals surface area contributed by atoms with Gasteiger partial charge in [-0.15, -0.1) is 0 Å². The third-order valence-corrected chi connectivity index (χ3v) is 6.15. The molecule has 0 aromatic heterocycles. The lowest BCUT2D eigenvalue weighted by Gasteiger charge is -2.46. The van der Waals surface area contributed by atoms with E-state index in [1.54, 1.807) is 12.1 Å². The summed E-state index contributed by atoms with van der Waals surface area (Å²) >= 11 is 0. The van der Waals surface area contributed by atoms with Crippen LogP contribution in [0.25, 0.3) is 0 Å². The Morgan fingerprint density at radius 3 is 2.52 bits per heavy atom. The average Bonchev–Trinajstić information content (AvgIpc) is 2.69. The van der Waals surface area contributed by atoms with E-state index in [2.05, 4.69) is 40.1 Å². The summed E-state index contributed by atoms with van der Waals surface area (Å²) in [6.45, 7) is 5.47. The lowest BCUT2D eigenvalue weighted by atomic mass is 9.86. The molecule has 144 valence electrons. The molecule has 0 saturated carbocycles. The van der Waals surface area contributed by atoms with E-state index in [4.69, 9.17) is 0 Å². The molecular weight excluding hydrogens is 339 g/mol. The van der Waals surface area contributed by atoms with Gasteiger partial charge in [0.15, 0.2) is 0 Å². The molecule has 4 heteroatoms. The molecule has 4 rings (SSSR count). The quantitative estimate of drug-likeness (QED) is 0.869. The van der Waals surface area contributed by atoms with Gasteiger partial charge in [0.2, 0.25) is 0 Å². The summed E-state index contributed by atoms with van der Waals surface area (Å²) < 4.78 is 13.1. The van der Waals surface area contributed by atoms with Crippen LogP contribution in [0.15, 0.2) is 54.6 Å². The van der Waals surface area contributed by atoms with Crippen molar-refractivity contribution in [2.24, 2.45) is 5.92 Å². The summed E-state index contributed by atoms with van der Waals surface area (Å²) in [5.74, 6) is 0.266. The van der Waals surface area contributed by atoms with Gasteiger partial charge in [-0.2, -0.15) is 0 Å². The molecule has 2 aliphatic heterocycles. The van der Waals surface area contributed by atoms with Crippen molar-refractivity contribution in [2.75, 3.05) is 26.2 Å². The van der Waals surface area contributed by atoms with Gasteiger partial charge >= 0.3 is 0 Å². The van der Waals surface area contributed by atoms with Gasteiger partial charge in [-0.05, 0) is 48.4 Å². The van der Waals surface area contributed by atoms with Gasteiger partial charge in [-0.25, -0.2) is 4.39 Å². The fourth-order valence-electron chi connectivity index (χ4n) is 4.64. The minimum Gasteiger partial charge on any atom is -0.388 e. The Labute approximate surface area is 161 Å². The van der Waals surface area contributed by atoms with Crippen molar-refractivity contribution in [1.29, 1.82) is 0 Å². The summed E-state index contributed by atoms with van der Waals surface area (Å²) in [6, 6.07) is 17.6. The fraction of sp³-hybridized carbons (Fsp3) is 0.478. The molecule has 2 aromatic rings. The second-order valence-electron chi connectivity index (χ2n) is 8.12. The number of piperazine rings is 1. The first kappa shape index (κ1) is 18.6. The highest BCUT2D eigenvalue weighted by atomic mass is 19.1. The molecule has 2 fully saturated rings. The van der Waals surface area contributed by atoms with Gasteiger partial charge < -0.3 is 5.11 Å². The molecule has 0 radical (unpaired) electrons. The van der Waals surface area contributed by atoms with Crippen LogP contribution in [-0.2, 0) is 6.54 Å². The molecule has 2 aliphatic rings. The topological polar surface area (TPSA) is 26.7 Å². The van der Waals surface area contributed by atoms with Crippen LogP contribution in [0, 0.1) is 11.7 Å². The maximum Gasteiger partial charge on any atom is 0.123 e. The number of hydrogen-bond donors (Lipinski definition) is 1. The monoisotopic (exact) mass is 368 g/mol. The summed E-state index contributed by atoms with van der Waals surface area (Å²) in [4.78, 5) is 5.19. The minimum absolute atomic E-state index is 0.250. The zero-order valence-corrected chi connectivity index (χ0v) is 15.8. The first-order valence-corrected chi connectivity index (χ1v) is 10.1. The maximum absolute atomic E-state index is 13.1. The lowest BCUT2D eigenvalue weighted by molar-refractivity contribution is 0.0122. The van der Waals surface area contributed by atoms with Crippen molar-refractivity contribution in [3.8, 4) is 0 Å². The molecule has 2 heterocycles. The van der Waals surface area contributed by atoms with Crippen LogP contribution in [-0.4, -0.2) is 47.1 Å². The number of fused-ring (bicyclic) bond motifs is 1. The first-order chi connectivity index (χ1) is 13.2. The normalized spacial score (nSPS) is 25.1. The van der Waals surface area contributed by atoms with E-state index in [9.17, 15) is 9.50 Å². The lowest BCUT2D eigenvalue weighted by Crippen LogP contribution is -2.56. The summed E-state index contributed by atoms with van der Waals surface area (Å²) in [5.41, 5.74) is 2.22. The highest BCUT2D eigenvalue weighted by Crippen LogP contribution is 2.31. The van der Waals surface area contributed by atoms with Crippen molar-refractivity contribution in [3.05, 3.63) is 71.5 Å². The molecule has 0 amide bonds. The van der Waals surface area contributed by atoms with E-state index in [0.717, 1.165) is 44.7 Å². The second kappa shape index (κ2) is 8.51. The van der Waals surface area contributed by atoms with Gasteiger partial charge in [0.25, 0.3) is 0 Å². The molecule has 3 atom stereocenters. The van der Waals surface area contributed by atoms with Gasteiger partial charge in [0.05, 0.1) is 6.10 Å². The van der Waals surface area contributed by atoms with Crippen molar-refractivity contribution >= 4 is 0 Å². The van der Waals surface area contributed by atoms with Crippen LogP contribution in [0.2, 0.25) is 0 Å². The number of nitrogens with zero attached hydrogens (tertiary/aromatic N) is 2. The van der Waals surface area contributed by atoms with Crippen molar-refractivity contribution in [2.45, 2.75) is 38.0 Å². The number of piperidine rings is 1. The maximum atomic E-state index is 13.1. The second-order valence-corrected chi connectivity index (χ2v) is 8.12. The smallest absolute Gasteiger partial charge is 0.123 e. The molecule has 0 aliphatic carbocycles. The molecule has 2 saturated heterocycles. The number of benzene rings is 2. The zero-order chi connectivity index (χ0) is 18.6. The highest BCUT2D eigenvalue weighted by molar-refractivity contribution is 5.18. The van der Waals surface area contributed by atoms with Crippen molar-refractivity contribution in [3.63, 3.8) is 0 Å². The summed E-state index contributed by atoms with van der Waals surface area (Å²) in [7, 11) is 0. The summed E-state index contributed by atoms with van der Waals surface area (Å²) in [5, 5.41) is 10.5. The van der Waals surface area contributed by atoms with Crippen LogP contribution in [0.3, 0.4) is 0 Å². The van der Waals surface area contributed by atoms with Crippen LogP contribution in [0.5, 0.6) is 0 Å². The Morgan fingerprint density at radius 2 is 1.74 bits per heavy atom. The predicted molar refractivity (Wildman–Crippen MR) is 106 cm³/mol. The summed E-state index contributed by atoms with van der Waals surface area (Å²) in [6.07, 6.45) is 2.64. The molecule has 27 heavy (non-hydrogen) atoms. The minimum atomic E-state index is -0.494. The molecule has 0 spiro atoms. The van der Waals surface area contributed by atoms with Crippen molar-refractivity contribution in [1.82, 2.24) is 9.80 Å². The standard InChI is InChI=1S/C23H29FN2O/c24-21-9-7-20(8-10-21)23(27)14-19-6-11-22-17-25(12-13-26(22)16-19)15-18-4-2-1-3-5-18/h1-5,7-10,19,22-23,27H,6,11-17H2/t19-,22+,23?/m1/s1. The van der Waals surface area contributed by atoms with E-state index in [0.29, 0.717) is 12.0 Å². The molecule has 3 nitrogen and oxygen atoms in total. The van der Waals surface area contributed by atoms with Crippen LogP contribution < -0.4 is 0 Å². The van der Waals surface area contributed by atoms with E-state index >= 15 is 0 Å². The fourth-order valence-corrected chi connectivity index (χ4v) is 4.64. The van der Waals surface area contributed by atoms with Crippen LogP contribution >= 0.6 is 0 Å². The third-order valence-electron chi connectivity index (χ3n) is 6.15. The Kier molecular flexibility index (Phi) is 5.86. The number of halogens is 1. The number of rotatable bonds is 5. The number of aliphatic hydroxyl groups is 1. The van der Waals surface area contributed by atoms with Gasteiger partial charge in [-0.1, -0.05) is 42.5 Å². The first-order valence-electron chi connectivity index (χ1n) is 10.1. The SMILES string of the molecule is OC(C[C@H]1CC[C@H]2CN(Cc3ccccc3)CCN2C1)c1ccc(F)cc1. The Hall–Kier alpha value is -1.75. The highest BCUT2D eigenvalue weighted by Gasteiger charge is 2.33. The number of hydrogen-bond acceptors (Lipinski definition) is 3.